The van der Waals surface area contributed by atoms with E-state index in [2.05, 4.69) is 4.90 Å². The van der Waals surface area contributed by atoms with Crippen molar-refractivity contribution in [3.63, 3.8) is 0 Å². The summed E-state index contributed by atoms with van der Waals surface area (Å²) < 4.78 is 12.1. The second-order valence-electron chi connectivity index (χ2n) is 8.04. The molecule has 0 aromatic heterocycles. The highest BCUT2D eigenvalue weighted by Crippen LogP contribution is 2.43. The Kier molecular flexibility index (Phi) is 9.38. The van der Waals surface area contributed by atoms with Crippen LogP contribution in [0.4, 0.5) is 11.4 Å². The molecule has 0 radical (unpaired) electrons. The van der Waals surface area contributed by atoms with Gasteiger partial charge in [0.2, 0.25) is 0 Å². The highest BCUT2D eigenvalue weighted by molar-refractivity contribution is 7.85. The summed E-state index contributed by atoms with van der Waals surface area (Å²) in [6.45, 7) is 2.04. The van der Waals surface area contributed by atoms with Gasteiger partial charge in [-0.2, -0.15) is 0 Å². The van der Waals surface area contributed by atoms with Gasteiger partial charge in [0, 0.05) is 18.0 Å². The first-order valence-electron chi connectivity index (χ1n) is 10.2. The van der Waals surface area contributed by atoms with Crippen molar-refractivity contribution in [3.05, 3.63) is 57.9 Å². The molecule has 1 atom stereocenters. The van der Waals surface area contributed by atoms with Crippen molar-refractivity contribution in [2.24, 2.45) is 0 Å². The van der Waals surface area contributed by atoms with Crippen LogP contribution in [-0.2, 0) is 10.8 Å². The molecule has 0 amide bonds. The Bertz CT molecular complexity index is 958. The molecule has 2 aromatic rings. The number of benzene rings is 2. The smallest absolute Gasteiger partial charge is 0.129 e. The maximum Gasteiger partial charge on any atom is 0.129 e. The summed E-state index contributed by atoms with van der Waals surface area (Å²) in [7, 11) is -1.27. The summed E-state index contributed by atoms with van der Waals surface area (Å²) in [5.41, 5.74) is 1.69. The fourth-order valence-corrected chi connectivity index (χ4v) is 5.81. The van der Waals surface area contributed by atoms with E-state index in [1.54, 1.807) is 12.1 Å². The van der Waals surface area contributed by atoms with Gasteiger partial charge in [0.05, 0.1) is 45.1 Å². The topological polar surface area (TPSA) is 86.7 Å². The third kappa shape index (κ3) is 5.58. The number of hydrogen-bond acceptors (Lipinski definition) is 5. The SMILES string of the molecule is Cl.Cl.O=S1c2ccccc2N(CCC[N+]2([O-])CC[N+]([O-])(CCO)CC2)c2cc(Cl)ccc21. The minimum atomic E-state index is -1.27. The largest absolute Gasteiger partial charge is 0.632 e. The molecule has 1 unspecified atom stereocenters. The lowest BCUT2D eigenvalue weighted by molar-refractivity contribution is -0.989. The molecule has 1 N–H and O–H groups in total. The number of aliphatic hydroxyl groups is 1. The van der Waals surface area contributed by atoms with Gasteiger partial charge in [-0.05, 0) is 30.3 Å². The minimum absolute atomic E-state index is 0. The minimum Gasteiger partial charge on any atom is -0.632 e. The van der Waals surface area contributed by atoms with Crippen molar-refractivity contribution in [1.82, 2.24) is 0 Å². The first-order chi connectivity index (χ1) is 14.3. The first kappa shape index (κ1) is 27.3. The van der Waals surface area contributed by atoms with Crippen LogP contribution in [-0.4, -0.2) is 71.0 Å². The fourth-order valence-electron chi connectivity index (χ4n) is 4.28. The lowest BCUT2D eigenvalue weighted by atomic mass is 10.2. The average molecular weight is 525 g/mol. The van der Waals surface area contributed by atoms with Crippen LogP contribution >= 0.6 is 36.4 Å². The Labute approximate surface area is 208 Å². The lowest BCUT2D eigenvalue weighted by Gasteiger charge is -2.54. The molecule has 2 heterocycles. The Morgan fingerprint density at radius 2 is 1.53 bits per heavy atom. The van der Waals surface area contributed by atoms with Crippen molar-refractivity contribution < 1.29 is 18.6 Å². The van der Waals surface area contributed by atoms with Gasteiger partial charge in [0.15, 0.2) is 0 Å². The number of hydrogen-bond donors (Lipinski definition) is 1. The third-order valence-corrected chi connectivity index (χ3v) is 7.78. The number of anilines is 2. The van der Waals surface area contributed by atoms with Crippen LogP contribution in [0.25, 0.3) is 0 Å². The van der Waals surface area contributed by atoms with Gasteiger partial charge in [0.1, 0.15) is 32.7 Å². The van der Waals surface area contributed by atoms with E-state index < -0.39 is 15.4 Å². The van der Waals surface area contributed by atoms with E-state index in [4.69, 9.17) is 16.7 Å². The highest BCUT2D eigenvalue weighted by Gasteiger charge is 2.33. The molecular weight excluding hydrogens is 497 g/mol. The Balaban J connectivity index is 0.00000181. The molecular formula is C21H28Cl3N3O4S. The molecule has 32 heavy (non-hydrogen) atoms. The van der Waals surface area contributed by atoms with Crippen LogP contribution in [0.5, 0.6) is 0 Å². The van der Waals surface area contributed by atoms with E-state index in [9.17, 15) is 14.6 Å². The molecule has 4 rings (SSSR count). The maximum atomic E-state index is 13.1. The van der Waals surface area contributed by atoms with E-state index in [0.717, 1.165) is 21.2 Å². The zero-order valence-corrected chi connectivity index (χ0v) is 20.7. The predicted molar refractivity (Wildman–Crippen MR) is 132 cm³/mol. The molecule has 1 saturated heterocycles. The van der Waals surface area contributed by atoms with Crippen molar-refractivity contribution >= 4 is 58.6 Å². The van der Waals surface area contributed by atoms with Gasteiger partial charge in [-0.1, -0.05) is 23.7 Å². The van der Waals surface area contributed by atoms with Crippen LogP contribution in [0.15, 0.2) is 52.3 Å². The van der Waals surface area contributed by atoms with Gasteiger partial charge >= 0.3 is 0 Å². The molecule has 1 fully saturated rings. The molecule has 0 spiro atoms. The summed E-state index contributed by atoms with van der Waals surface area (Å²) in [6.07, 6.45) is 0.634. The van der Waals surface area contributed by atoms with Gasteiger partial charge in [-0.3, -0.25) is 0 Å². The van der Waals surface area contributed by atoms with E-state index in [1.807, 2.05) is 30.3 Å². The molecule has 0 bridgehead atoms. The number of hydroxylamine groups is 6. The first-order valence-corrected chi connectivity index (χ1v) is 11.7. The van der Waals surface area contributed by atoms with E-state index in [-0.39, 0.29) is 68.8 Å². The molecule has 2 aromatic carbocycles. The monoisotopic (exact) mass is 523 g/mol. The zero-order chi connectivity index (χ0) is 21.4. The van der Waals surface area contributed by atoms with Crippen LogP contribution in [0.3, 0.4) is 0 Å². The van der Waals surface area contributed by atoms with Crippen LogP contribution in [0.1, 0.15) is 6.42 Å². The fraction of sp³-hybridized carbons (Fsp3) is 0.429. The van der Waals surface area contributed by atoms with Gasteiger partial charge in [-0.25, -0.2) is 4.21 Å². The highest BCUT2D eigenvalue weighted by atomic mass is 35.5. The Morgan fingerprint density at radius 1 is 0.938 bits per heavy atom. The normalized spacial score (nSPS) is 26.4. The number of nitrogens with zero attached hydrogens (tertiary/aromatic N) is 3. The van der Waals surface area contributed by atoms with Crippen molar-refractivity contribution in [1.29, 1.82) is 0 Å². The summed E-state index contributed by atoms with van der Waals surface area (Å²) >= 11 is 6.22. The molecule has 7 nitrogen and oxygen atoms in total. The maximum absolute atomic E-state index is 13.1. The molecule has 2 aliphatic rings. The number of aliphatic hydroxyl groups excluding tert-OH is 1. The Hall–Kier alpha value is -0.940. The van der Waals surface area contributed by atoms with Gasteiger partial charge in [0.25, 0.3) is 0 Å². The van der Waals surface area contributed by atoms with Crippen LogP contribution in [0.2, 0.25) is 5.02 Å². The summed E-state index contributed by atoms with van der Waals surface area (Å²) in [5, 5.41) is 35.2. The van der Waals surface area contributed by atoms with Crippen molar-refractivity contribution in [3.8, 4) is 0 Å². The zero-order valence-electron chi connectivity index (χ0n) is 17.5. The van der Waals surface area contributed by atoms with Crippen molar-refractivity contribution in [2.45, 2.75) is 16.2 Å². The Morgan fingerprint density at radius 3 is 2.19 bits per heavy atom. The summed E-state index contributed by atoms with van der Waals surface area (Å²) in [4.78, 5) is 3.57. The molecule has 2 aliphatic heterocycles. The number of rotatable bonds is 6. The van der Waals surface area contributed by atoms with Gasteiger partial charge in [-0.15, -0.1) is 24.8 Å². The second kappa shape index (κ2) is 11.0. The van der Waals surface area contributed by atoms with Crippen molar-refractivity contribution in [2.75, 3.05) is 57.3 Å². The standard InChI is InChI=1S/C21H26ClN3O4S.2ClH/c22-17-6-7-21-19(16-17)23(18-4-1-2-5-20(18)30(21)29)8-3-9-24(27)10-12-25(28,13-11-24)14-15-26;;/h1-2,4-7,16,26H,3,8-15H2;2*1H. The number of quaternary nitrogens is 2. The molecule has 0 aliphatic carbocycles. The lowest BCUT2D eigenvalue weighted by Crippen LogP contribution is -2.63. The molecule has 11 heteroatoms. The number of para-hydroxylation sites is 1. The van der Waals surface area contributed by atoms with E-state index in [1.165, 1.54) is 0 Å². The summed E-state index contributed by atoms with van der Waals surface area (Å²) in [6, 6.07) is 13.0. The van der Waals surface area contributed by atoms with E-state index >= 15 is 0 Å². The molecule has 178 valence electrons. The second-order valence-corrected chi connectivity index (χ2v) is 9.89. The third-order valence-electron chi connectivity index (χ3n) is 6.05. The number of fused-ring (bicyclic) bond motifs is 2. The number of piperazine rings is 1. The summed E-state index contributed by atoms with van der Waals surface area (Å²) in [5.74, 6) is 0. The van der Waals surface area contributed by atoms with Crippen LogP contribution in [0, 0.1) is 10.4 Å². The average Bonchev–Trinajstić information content (AvgIpc) is 2.73. The van der Waals surface area contributed by atoms with E-state index in [0.29, 0.717) is 24.5 Å². The number of halogens is 3. The molecule has 0 saturated carbocycles. The van der Waals surface area contributed by atoms with Crippen LogP contribution < -0.4 is 4.90 Å². The quantitative estimate of drug-likeness (QED) is 0.458. The van der Waals surface area contributed by atoms with Gasteiger partial charge < -0.3 is 29.7 Å². The predicted octanol–water partition coefficient (Wildman–Crippen LogP) is 3.83.